The molecule has 1 heterocycles. The number of nitrogens with zero attached hydrogens (tertiary/aromatic N) is 1. The second-order valence-electron chi connectivity index (χ2n) is 4.73. The monoisotopic (exact) mass is 378 g/mol. The SMILES string of the molecule is O=C(c1ccccc1I)N1CCCNc2ccccc21. The summed E-state index contributed by atoms with van der Waals surface area (Å²) in [5.41, 5.74) is 2.77. The molecule has 0 fully saturated rings. The van der Waals surface area contributed by atoms with Gasteiger partial charge in [-0.15, -0.1) is 0 Å². The molecule has 3 nitrogen and oxygen atoms in total. The van der Waals surface area contributed by atoms with E-state index < -0.39 is 0 Å². The fourth-order valence-electron chi connectivity index (χ4n) is 2.43. The standard InChI is InChI=1S/C16H15IN2O/c17-13-7-2-1-6-12(13)16(20)19-11-5-10-18-14-8-3-4-9-15(14)19/h1-4,6-9,18H,5,10-11H2. The number of fused-ring (bicyclic) bond motifs is 1. The zero-order valence-electron chi connectivity index (χ0n) is 11.0. The summed E-state index contributed by atoms with van der Waals surface area (Å²) in [4.78, 5) is 14.7. The lowest BCUT2D eigenvalue weighted by Gasteiger charge is -2.23. The summed E-state index contributed by atoms with van der Waals surface area (Å²) >= 11 is 2.22. The highest BCUT2D eigenvalue weighted by atomic mass is 127. The first kappa shape index (κ1) is 13.4. The Kier molecular flexibility index (Phi) is 3.91. The van der Waals surface area contributed by atoms with Crippen LogP contribution >= 0.6 is 22.6 Å². The normalized spacial score (nSPS) is 14.2. The zero-order chi connectivity index (χ0) is 13.9. The third-order valence-electron chi connectivity index (χ3n) is 3.42. The maximum Gasteiger partial charge on any atom is 0.259 e. The van der Waals surface area contributed by atoms with Gasteiger partial charge in [0.25, 0.3) is 5.91 Å². The van der Waals surface area contributed by atoms with E-state index in [1.807, 2.05) is 53.4 Å². The average molecular weight is 378 g/mol. The van der Waals surface area contributed by atoms with E-state index in [4.69, 9.17) is 0 Å². The third kappa shape index (κ3) is 2.52. The van der Waals surface area contributed by atoms with Crippen LogP contribution in [0.2, 0.25) is 0 Å². The van der Waals surface area contributed by atoms with Crippen LogP contribution in [0.1, 0.15) is 16.8 Å². The van der Waals surface area contributed by atoms with Crippen molar-refractivity contribution in [2.24, 2.45) is 0 Å². The Morgan fingerprint density at radius 3 is 2.70 bits per heavy atom. The largest absolute Gasteiger partial charge is 0.383 e. The lowest BCUT2D eigenvalue weighted by Crippen LogP contribution is -2.32. The number of hydrogen-bond donors (Lipinski definition) is 1. The van der Waals surface area contributed by atoms with Crippen LogP contribution in [0, 0.1) is 3.57 Å². The van der Waals surface area contributed by atoms with Crippen LogP contribution in [0.15, 0.2) is 48.5 Å². The third-order valence-corrected chi connectivity index (χ3v) is 4.36. The second kappa shape index (κ2) is 5.83. The number of amides is 1. The van der Waals surface area contributed by atoms with Crippen LogP contribution in [-0.2, 0) is 0 Å². The number of carbonyl (C=O) groups is 1. The van der Waals surface area contributed by atoms with Gasteiger partial charge in [0.1, 0.15) is 0 Å². The summed E-state index contributed by atoms with van der Waals surface area (Å²) in [7, 11) is 0. The van der Waals surface area contributed by atoms with Gasteiger partial charge in [0.15, 0.2) is 0 Å². The zero-order valence-corrected chi connectivity index (χ0v) is 13.1. The van der Waals surface area contributed by atoms with Crippen molar-refractivity contribution in [1.29, 1.82) is 0 Å². The molecule has 1 aliphatic rings. The van der Waals surface area contributed by atoms with Gasteiger partial charge >= 0.3 is 0 Å². The Hall–Kier alpha value is -1.56. The van der Waals surface area contributed by atoms with E-state index in [0.717, 1.165) is 40.0 Å². The first-order valence-corrected chi connectivity index (χ1v) is 7.74. The number of anilines is 2. The maximum absolute atomic E-state index is 12.8. The van der Waals surface area contributed by atoms with Gasteiger partial charge in [0.05, 0.1) is 16.9 Å². The molecule has 1 aliphatic heterocycles. The quantitative estimate of drug-likeness (QED) is 0.767. The highest BCUT2D eigenvalue weighted by Crippen LogP contribution is 2.29. The molecule has 2 aromatic carbocycles. The maximum atomic E-state index is 12.8. The van der Waals surface area contributed by atoms with E-state index in [2.05, 4.69) is 27.9 Å². The second-order valence-corrected chi connectivity index (χ2v) is 5.90. The number of halogens is 1. The Morgan fingerprint density at radius 2 is 1.85 bits per heavy atom. The Balaban J connectivity index is 2.02. The number of para-hydroxylation sites is 2. The molecule has 102 valence electrons. The van der Waals surface area contributed by atoms with E-state index in [-0.39, 0.29) is 5.91 Å². The van der Waals surface area contributed by atoms with Crippen LogP contribution in [-0.4, -0.2) is 19.0 Å². The molecule has 1 N–H and O–H groups in total. The van der Waals surface area contributed by atoms with Crippen molar-refractivity contribution in [3.63, 3.8) is 0 Å². The Morgan fingerprint density at radius 1 is 1.10 bits per heavy atom. The number of benzene rings is 2. The van der Waals surface area contributed by atoms with E-state index in [9.17, 15) is 4.79 Å². The molecule has 0 aliphatic carbocycles. The molecule has 0 bridgehead atoms. The summed E-state index contributed by atoms with van der Waals surface area (Å²) in [5, 5.41) is 3.38. The number of carbonyl (C=O) groups excluding carboxylic acids is 1. The molecule has 0 saturated carbocycles. The predicted molar refractivity (Wildman–Crippen MR) is 90.4 cm³/mol. The highest BCUT2D eigenvalue weighted by molar-refractivity contribution is 14.1. The van der Waals surface area contributed by atoms with Crippen molar-refractivity contribution < 1.29 is 4.79 Å². The molecular weight excluding hydrogens is 363 g/mol. The van der Waals surface area contributed by atoms with Crippen molar-refractivity contribution >= 4 is 39.9 Å². The van der Waals surface area contributed by atoms with E-state index in [0.29, 0.717) is 0 Å². The van der Waals surface area contributed by atoms with Gasteiger partial charge in [0, 0.05) is 16.7 Å². The smallest absolute Gasteiger partial charge is 0.259 e. The van der Waals surface area contributed by atoms with Crippen LogP contribution in [0.3, 0.4) is 0 Å². The van der Waals surface area contributed by atoms with E-state index >= 15 is 0 Å². The average Bonchev–Trinajstić information content (AvgIpc) is 2.69. The van der Waals surface area contributed by atoms with Crippen molar-refractivity contribution in [3.05, 3.63) is 57.7 Å². The molecule has 0 saturated heterocycles. The first-order valence-electron chi connectivity index (χ1n) is 6.66. The fraction of sp³-hybridized carbons (Fsp3) is 0.188. The van der Waals surface area contributed by atoms with Gasteiger partial charge in [-0.3, -0.25) is 4.79 Å². The van der Waals surface area contributed by atoms with Gasteiger partial charge in [-0.25, -0.2) is 0 Å². The first-order chi connectivity index (χ1) is 9.77. The number of rotatable bonds is 1. The van der Waals surface area contributed by atoms with Crippen LogP contribution in [0.4, 0.5) is 11.4 Å². The van der Waals surface area contributed by atoms with E-state index in [1.165, 1.54) is 0 Å². The molecule has 1 amide bonds. The van der Waals surface area contributed by atoms with E-state index in [1.54, 1.807) is 0 Å². The Bertz CT molecular complexity index is 642. The summed E-state index contributed by atoms with van der Waals surface area (Å²) in [5.74, 6) is 0.0751. The molecule has 0 spiro atoms. The topological polar surface area (TPSA) is 32.3 Å². The lowest BCUT2D eigenvalue weighted by molar-refractivity contribution is 0.0986. The van der Waals surface area contributed by atoms with Crippen LogP contribution in [0.5, 0.6) is 0 Å². The van der Waals surface area contributed by atoms with Crippen molar-refractivity contribution in [2.45, 2.75) is 6.42 Å². The Labute approximate surface area is 132 Å². The highest BCUT2D eigenvalue weighted by Gasteiger charge is 2.23. The van der Waals surface area contributed by atoms with Gasteiger partial charge in [0.2, 0.25) is 0 Å². The fourth-order valence-corrected chi connectivity index (χ4v) is 3.05. The van der Waals surface area contributed by atoms with Gasteiger partial charge < -0.3 is 10.2 Å². The van der Waals surface area contributed by atoms with Crippen LogP contribution in [0.25, 0.3) is 0 Å². The molecule has 0 unspecified atom stereocenters. The molecule has 0 aromatic heterocycles. The van der Waals surface area contributed by atoms with Crippen molar-refractivity contribution in [2.75, 3.05) is 23.3 Å². The molecule has 4 heteroatoms. The summed E-state index contributed by atoms with van der Waals surface area (Å²) in [6.45, 7) is 1.64. The number of hydrogen-bond acceptors (Lipinski definition) is 2. The molecule has 3 rings (SSSR count). The number of nitrogens with one attached hydrogen (secondary N) is 1. The van der Waals surface area contributed by atoms with Gasteiger partial charge in [-0.2, -0.15) is 0 Å². The molecular formula is C16H15IN2O. The minimum Gasteiger partial charge on any atom is -0.383 e. The summed E-state index contributed by atoms with van der Waals surface area (Å²) < 4.78 is 0.991. The minimum atomic E-state index is 0.0751. The van der Waals surface area contributed by atoms with Gasteiger partial charge in [-0.1, -0.05) is 24.3 Å². The van der Waals surface area contributed by atoms with Crippen molar-refractivity contribution in [3.8, 4) is 0 Å². The molecule has 20 heavy (non-hydrogen) atoms. The minimum absolute atomic E-state index is 0.0751. The van der Waals surface area contributed by atoms with Gasteiger partial charge in [-0.05, 0) is 53.3 Å². The molecule has 2 aromatic rings. The van der Waals surface area contributed by atoms with Crippen molar-refractivity contribution in [1.82, 2.24) is 0 Å². The lowest BCUT2D eigenvalue weighted by atomic mass is 10.1. The van der Waals surface area contributed by atoms with Crippen LogP contribution < -0.4 is 10.2 Å². The summed E-state index contributed by atoms with van der Waals surface area (Å²) in [6, 6.07) is 15.7. The molecule has 0 radical (unpaired) electrons. The molecule has 0 atom stereocenters. The summed E-state index contributed by atoms with van der Waals surface area (Å²) in [6.07, 6.45) is 0.948. The predicted octanol–water partition coefficient (Wildman–Crippen LogP) is 3.75.